The molecule has 5 heteroatoms. The van der Waals surface area contributed by atoms with Crippen molar-refractivity contribution in [3.8, 4) is 28.5 Å². The molecular formula is C51H37N5. The van der Waals surface area contributed by atoms with Crippen LogP contribution in [0.5, 0.6) is 0 Å². The molecule has 11 rings (SSSR count). The molecule has 2 atom stereocenters. The van der Waals surface area contributed by atoms with E-state index in [1.165, 1.54) is 66.0 Å². The summed E-state index contributed by atoms with van der Waals surface area (Å²) in [5.41, 5.74) is 12.8. The largest absolute Gasteiger partial charge is 0.309 e. The highest BCUT2D eigenvalue weighted by Crippen LogP contribution is 2.46. The Balaban J connectivity index is 0.985. The van der Waals surface area contributed by atoms with Gasteiger partial charge in [-0.2, -0.15) is 5.10 Å². The maximum absolute atomic E-state index is 5.03. The molecule has 5 nitrogen and oxygen atoms in total. The first kappa shape index (κ1) is 32.2. The normalized spacial score (nSPS) is 15.8. The summed E-state index contributed by atoms with van der Waals surface area (Å²) >= 11 is 0. The van der Waals surface area contributed by atoms with E-state index in [9.17, 15) is 0 Å². The van der Waals surface area contributed by atoms with Gasteiger partial charge in [0.15, 0.2) is 11.6 Å². The number of H-pyrrole nitrogens is 1. The fourth-order valence-corrected chi connectivity index (χ4v) is 9.04. The molecule has 56 heavy (non-hydrogen) atoms. The molecule has 0 saturated carbocycles. The lowest BCUT2D eigenvalue weighted by atomic mass is 9.75. The monoisotopic (exact) mass is 719 g/mol. The maximum Gasteiger partial charge on any atom is 0.181 e. The first-order valence-electron chi connectivity index (χ1n) is 19.3. The van der Waals surface area contributed by atoms with Crippen molar-refractivity contribution in [2.75, 3.05) is 0 Å². The quantitative estimate of drug-likeness (QED) is 0.186. The molecule has 3 heterocycles. The third-order valence-corrected chi connectivity index (χ3v) is 11.6. The van der Waals surface area contributed by atoms with Crippen LogP contribution >= 0.6 is 0 Å². The van der Waals surface area contributed by atoms with Crippen molar-refractivity contribution < 1.29 is 0 Å². The van der Waals surface area contributed by atoms with Crippen LogP contribution < -0.4 is 0 Å². The van der Waals surface area contributed by atoms with Gasteiger partial charge in [-0.15, -0.1) is 0 Å². The smallest absolute Gasteiger partial charge is 0.181 e. The van der Waals surface area contributed by atoms with Crippen molar-refractivity contribution in [3.63, 3.8) is 0 Å². The van der Waals surface area contributed by atoms with Gasteiger partial charge in [-0.1, -0.05) is 153 Å². The van der Waals surface area contributed by atoms with Gasteiger partial charge in [-0.25, -0.2) is 4.98 Å². The maximum atomic E-state index is 5.03. The summed E-state index contributed by atoms with van der Waals surface area (Å²) < 4.78 is 4.78. The molecule has 10 aromatic rings. The van der Waals surface area contributed by atoms with Gasteiger partial charge in [0.05, 0.1) is 22.1 Å². The van der Waals surface area contributed by atoms with Crippen molar-refractivity contribution in [3.05, 3.63) is 199 Å². The Morgan fingerprint density at radius 2 is 1.04 bits per heavy atom. The van der Waals surface area contributed by atoms with Gasteiger partial charge < -0.3 is 9.13 Å². The summed E-state index contributed by atoms with van der Waals surface area (Å²) in [4.78, 5) is 5.03. The minimum atomic E-state index is 0.224. The molecule has 266 valence electrons. The molecule has 0 bridgehead atoms. The van der Waals surface area contributed by atoms with E-state index in [0.29, 0.717) is 5.82 Å². The van der Waals surface area contributed by atoms with E-state index >= 15 is 0 Å². The second-order valence-corrected chi connectivity index (χ2v) is 14.8. The van der Waals surface area contributed by atoms with Crippen molar-refractivity contribution in [1.82, 2.24) is 24.3 Å². The van der Waals surface area contributed by atoms with Crippen LogP contribution in [0.4, 0.5) is 0 Å². The fourth-order valence-electron chi connectivity index (χ4n) is 9.04. The molecule has 0 saturated heterocycles. The summed E-state index contributed by atoms with van der Waals surface area (Å²) in [7, 11) is 0. The van der Waals surface area contributed by atoms with E-state index in [-0.39, 0.29) is 11.8 Å². The van der Waals surface area contributed by atoms with Gasteiger partial charge in [-0.3, -0.25) is 5.10 Å². The second kappa shape index (κ2) is 13.0. The van der Waals surface area contributed by atoms with Crippen LogP contribution in [0.2, 0.25) is 0 Å². The molecule has 1 N–H and O–H groups in total. The zero-order valence-corrected chi connectivity index (χ0v) is 30.8. The average molecular weight is 720 g/mol. The van der Waals surface area contributed by atoms with E-state index in [4.69, 9.17) is 10.1 Å². The lowest BCUT2D eigenvalue weighted by Crippen LogP contribution is -2.16. The summed E-state index contributed by atoms with van der Waals surface area (Å²) in [6.07, 6.45) is 4.74. The number of para-hydroxylation sites is 4. The number of fused-ring (bicyclic) bond motifs is 6. The number of hydrogen-bond acceptors (Lipinski definition) is 2. The standard InChI is InChI=1S/C51H37N5/c1-33-39(34-14-3-2-4-15-34)30-31-48(56-46-24-11-7-20-42(46)43-21-8-12-25-47(43)56)49(33)35-26-28-36(29-27-35)50-52-51(54-53-50)37-16-13-17-38(32-37)55-44-22-9-5-18-40(44)41-19-6-10-23-45(41)55/h2-33,39H,1H3,(H,52,53,54). The average Bonchev–Trinajstić information content (AvgIpc) is 3.98. The Morgan fingerprint density at radius 3 is 1.64 bits per heavy atom. The van der Waals surface area contributed by atoms with Crippen LogP contribution in [0.25, 0.3) is 83.3 Å². The minimum Gasteiger partial charge on any atom is -0.309 e. The molecule has 0 radical (unpaired) electrons. The predicted octanol–water partition coefficient (Wildman–Crippen LogP) is 12.7. The van der Waals surface area contributed by atoms with Gasteiger partial charge >= 0.3 is 0 Å². The minimum absolute atomic E-state index is 0.224. The number of aromatic nitrogens is 5. The zero-order chi connectivity index (χ0) is 37.2. The topological polar surface area (TPSA) is 51.4 Å². The number of nitrogens with one attached hydrogen (secondary N) is 1. The van der Waals surface area contributed by atoms with E-state index in [1.54, 1.807) is 0 Å². The number of aromatic amines is 1. The highest BCUT2D eigenvalue weighted by molar-refractivity contribution is 6.12. The number of rotatable bonds is 6. The summed E-state index contributed by atoms with van der Waals surface area (Å²) in [6, 6.07) is 62.9. The van der Waals surface area contributed by atoms with Crippen LogP contribution in [0, 0.1) is 5.92 Å². The van der Waals surface area contributed by atoms with Gasteiger partial charge in [-0.05, 0) is 65.1 Å². The van der Waals surface area contributed by atoms with Gasteiger partial charge in [0, 0.05) is 50.0 Å². The Bertz CT molecular complexity index is 3050. The molecule has 1 aliphatic carbocycles. The SMILES string of the molecule is CC1C(c2ccc(-c3nc(-c4cccc(-n5c6ccccc6c6ccccc65)c4)n[nH]3)cc2)=C(n2c3ccccc3c3ccccc32)C=CC1c1ccccc1. The molecule has 7 aromatic carbocycles. The van der Waals surface area contributed by atoms with Crippen LogP contribution in [0.1, 0.15) is 24.0 Å². The van der Waals surface area contributed by atoms with E-state index in [1.807, 2.05) is 0 Å². The zero-order valence-electron chi connectivity index (χ0n) is 30.8. The molecular weight excluding hydrogens is 683 g/mol. The summed E-state index contributed by atoms with van der Waals surface area (Å²) in [5.74, 6) is 1.88. The highest BCUT2D eigenvalue weighted by atomic mass is 15.2. The number of nitrogens with zero attached hydrogens (tertiary/aromatic N) is 4. The van der Waals surface area contributed by atoms with E-state index in [2.05, 4.69) is 209 Å². The first-order valence-corrected chi connectivity index (χ1v) is 19.3. The third-order valence-electron chi connectivity index (χ3n) is 11.6. The predicted molar refractivity (Wildman–Crippen MR) is 232 cm³/mol. The van der Waals surface area contributed by atoms with Crippen molar-refractivity contribution >= 4 is 54.9 Å². The third kappa shape index (κ3) is 5.09. The molecule has 0 aliphatic heterocycles. The van der Waals surface area contributed by atoms with Crippen LogP contribution in [-0.4, -0.2) is 24.3 Å². The van der Waals surface area contributed by atoms with Crippen LogP contribution in [0.3, 0.4) is 0 Å². The Morgan fingerprint density at radius 1 is 0.500 bits per heavy atom. The summed E-state index contributed by atoms with van der Waals surface area (Å²) in [5, 5.41) is 13.0. The van der Waals surface area contributed by atoms with Gasteiger partial charge in [0.2, 0.25) is 0 Å². The second-order valence-electron chi connectivity index (χ2n) is 14.8. The van der Waals surface area contributed by atoms with Crippen molar-refractivity contribution in [2.24, 2.45) is 5.92 Å². The lowest BCUT2D eigenvalue weighted by Gasteiger charge is -2.31. The molecule has 0 fully saturated rings. The molecule has 0 spiro atoms. The van der Waals surface area contributed by atoms with Crippen molar-refractivity contribution in [2.45, 2.75) is 12.8 Å². The number of benzene rings is 7. The molecule has 2 unspecified atom stereocenters. The van der Waals surface area contributed by atoms with Gasteiger partial charge in [0.1, 0.15) is 0 Å². The fraction of sp³-hybridized carbons (Fsp3) is 0.0588. The summed E-state index contributed by atoms with van der Waals surface area (Å²) in [6.45, 7) is 2.37. The lowest BCUT2D eigenvalue weighted by molar-refractivity contribution is 0.653. The van der Waals surface area contributed by atoms with Crippen LogP contribution in [0.15, 0.2) is 188 Å². The van der Waals surface area contributed by atoms with Crippen LogP contribution in [-0.2, 0) is 0 Å². The Kier molecular flexibility index (Phi) is 7.46. The van der Waals surface area contributed by atoms with E-state index in [0.717, 1.165) is 22.6 Å². The van der Waals surface area contributed by atoms with Crippen molar-refractivity contribution in [1.29, 1.82) is 0 Å². The molecule has 0 amide bonds. The Labute approximate surface area is 324 Å². The highest BCUT2D eigenvalue weighted by Gasteiger charge is 2.29. The molecule has 3 aromatic heterocycles. The first-order chi connectivity index (χ1) is 27.7. The molecule has 1 aliphatic rings. The van der Waals surface area contributed by atoms with E-state index < -0.39 is 0 Å². The van der Waals surface area contributed by atoms with Gasteiger partial charge in [0.25, 0.3) is 0 Å². The number of hydrogen-bond donors (Lipinski definition) is 1. The number of allylic oxidation sites excluding steroid dienone is 4. The Hall–Kier alpha value is -7.24.